The normalized spacial score (nSPS) is 19.9. The molecule has 1 aromatic rings. The van der Waals surface area contributed by atoms with E-state index in [2.05, 4.69) is 5.10 Å². The lowest BCUT2D eigenvalue weighted by Gasteiger charge is -2.22. The van der Waals surface area contributed by atoms with Crippen LogP contribution in [0.15, 0.2) is 11.1 Å². The molecule has 1 saturated heterocycles. The quantitative estimate of drug-likeness (QED) is 0.834. The molecule has 1 fully saturated rings. The molecule has 20 heavy (non-hydrogen) atoms. The summed E-state index contributed by atoms with van der Waals surface area (Å²) >= 11 is 0. The Balaban J connectivity index is 2.23. The van der Waals surface area contributed by atoms with E-state index in [9.17, 15) is 8.42 Å². The molecular formula is C12H22N4O3S. The highest BCUT2D eigenvalue weighted by atomic mass is 32.2. The lowest BCUT2D eigenvalue weighted by molar-refractivity contribution is 0.0947. The van der Waals surface area contributed by atoms with Gasteiger partial charge in [0, 0.05) is 32.4 Å². The molecular weight excluding hydrogens is 280 g/mol. The topological polar surface area (TPSA) is 90.5 Å². The van der Waals surface area contributed by atoms with E-state index in [0.29, 0.717) is 26.2 Å². The van der Waals surface area contributed by atoms with Crippen molar-refractivity contribution >= 4 is 15.8 Å². The van der Waals surface area contributed by atoms with Crippen LogP contribution in [0.1, 0.15) is 26.7 Å². The van der Waals surface area contributed by atoms with Crippen LogP contribution < -0.4 is 5.73 Å². The molecule has 2 heterocycles. The fourth-order valence-corrected chi connectivity index (χ4v) is 3.87. The molecule has 1 aromatic heterocycles. The van der Waals surface area contributed by atoms with Crippen molar-refractivity contribution in [2.24, 2.45) is 0 Å². The molecule has 1 atom stereocenters. The molecule has 0 bridgehead atoms. The number of ether oxygens (including phenoxy) is 1. The minimum absolute atomic E-state index is 0.0211. The lowest BCUT2D eigenvalue weighted by Crippen LogP contribution is -2.37. The number of nitrogen functional groups attached to an aromatic ring is 1. The highest BCUT2D eigenvalue weighted by Crippen LogP contribution is 2.23. The van der Waals surface area contributed by atoms with Crippen molar-refractivity contribution < 1.29 is 13.2 Å². The summed E-state index contributed by atoms with van der Waals surface area (Å²) in [5.74, 6) is 0.0534. The van der Waals surface area contributed by atoms with E-state index in [1.165, 1.54) is 15.2 Å². The number of nitrogens with two attached hydrogens (primary N) is 1. The first kappa shape index (κ1) is 15.3. The van der Waals surface area contributed by atoms with Crippen LogP contribution in [0.25, 0.3) is 0 Å². The van der Waals surface area contributed by atoms with Gasteiger partial charge in [0.05, 0.1) is 6.10 Å². The van der Waals surface area contributed by atoms with E-state index >= 15 is 0 Å². The summed E-state index contributed by atoms with van der Waals surface area (Å²) in [4.78, 5) is 0.0826. The minimum atomic E-state index is -3.61. The number of hydrogen-bond acceptors (Lipinski definition) is 5. The molecule has 7 nitrogen and oxygen atoms in total. The van der Waals surface area contributed by atoms with Crippen molar-refractivity contribution in [3.63, 3.8) is 0 Å². The smallest absolute Gasteiger partial charge is 0.248 e. The highest BCUT2D eigenvalue weighted by molar-refractivity contribution is 7.89. The Bertz CT molecular complexity index is 549. The Morgan fingerprint density at radius 1 is 1.55 bits per heavy atom. The van der Waals surface area contributed by atoms with Gasteiger partial charge in [-0.05, 0) is 19.8 Å². The van der Waals surface area contributed by atoms with Crippen molar-refractivity contribution in [2.75, 3.05) is 25.4 Å². The van der Waals surface area contributed by atoms with Gasteiger partial charge in [-0.1, -0.05) is 6.92 Å². The van der Waals surface area contributed by atoms with Crippen molar-refractivity contribution in [1.82, 2.24) is 14.1 Å². The summed E-state index contributed by atoms with van der Waals surface area (Å²) in [7, 11) is -3.61. The first-order valence-corrected chi connectivity index (χ1v) is 8.37. The van der Waals surface area contributed by atoms with E-state index in [1.807, 2.05) is 13.8 Å². The van der Waals surface area contributed by atoms with Crippen LogP contribution in [-0.2, 0) is 21.3 Å². The summed E-state index contributed by atoms with van der Waals surface area (Å²) in [5.41, 5.74) is 5.73. The van der Waals surface area contributed by atoms with Crippen LogP contribution in [0.2, 0.25) is 0 Å². The number of hydrogen-bond donors (Lipinski definition) is 1. The first-order chi connectivity index (χ1) is 9.48. The van der Waals surface area contributed by atoms with Gasteiger partial charge in [-0.3, -0.25) is 4.68 Å². The van der Waals surface area contributed by atoms with Gasteiger partial charge in [0.1, 0.15) is 4.90 Å². The van der Waals surface area contributed by atoms with E-state index in [0.717, 1.165) is 12.8 Å². The fourth-order valence-electron chi connectivity index (χ4n) is 2.33. The third-order valence-corrected chi connectivity index (χ3v) is 5.44. The van der Waals surface area contributed by atoms with Crippen LogP contribution in [0.4, 0.5) is 5.82 Å². The van der Waals surface area contributed by atoms with Crippen molar-refractivity contribution in [3.8, 4) is 0 Å². The van der Waals surface area contributed by atoms with Crippen LogP contribution in [-0.4, -0.2) is 48.3 Å². The van der Waals surface area contributed by atoms with Gasteiger partial charge in [-0.25, -0.2) is 8.42 Å². The zero-order valence-corrected chi connectivity index (χ0v) is 12.8. The third kappa shape index (κ3) is 2.97. The molecule has 0 aromatic carbocycles. The van der Waals surface area contributed by atoms with Gasteiger partial charge in [0.2, 0.25) is 10.0 Å². The first-order valence-electron chi connectivity index (χ1n) is 6.93. The lowest BCUT2D eigenvalue weighted by atomic mass is 10.2. The number of aryl methyl sites for hydroxylation is 1. The van der Waals surface area contributed by atoms with Crippen LogP contribution in [0, 0.1) is 0 Å². The van der Waals surface area contributed by atoms with Gasteiger partial charge in [0.15, 0.2) is 5.82 Å². The van der Waals surface area contributed by atoms with Gasteiger partial charge in [-0.15, -0.1) is 0 Å². The Morgan fingerprint density at radius 3 is 2.80 bits per heavy atom. The Labute approximate surface area is 119 Å². The predicted octanol–water partition coefficient (Wildman–Crippen LogP) is 0.675. The van der Waals surface area contributed by atoms with E-state index in [4.69, 9.17) is 10.5 Å². The van der Waals surface area contributed by atoms with Gasteiger partial charge >= 0.3 is 0 Å². The van der Waals surface area contributed by atoms with Gasteiger partial charge in [-0.2, -0.15) is 9.40 Å². The van der Waals surface area contributed by atoms with Crippen molar-refractivity contribution in [1.29, 1.82) is 0 Å². The molecule has 2 rings (SSSR count). The van der Waals surface area contributed by atoms with E-state index < -0.39 is 10.0 Å². The second-order valence-corrected chi connectivity index (χ2v) is 6.73. The molecule has 1 unspecified atom stereocenters. The fraction of sp³-hybridized carbons (Fsp3) is 0.750. The average Bonchev–Trinajstić information content (AvgIpc) is 3.04. The molecule has 0 spiro atoms. The number of rotatable bonds is 6. The second-order valence-electron chi connectivity index (χ2n) is 4.82. The summed E-state index contributed by atoms with van der Waals surface area (Å²) < 4.78 is 33.7. The molecule has 2 N–H and O–H groups in total. The molecule has 0 amide bonds. The predicted molar refractivity (Wildman–Crippen MR) is 75.7 cm³/mol. The summed E-state index contributed by atoms with van der Waals surface area (Å²) in [6.07, 6.45) is 3.35. The highest BCUT2D eigenvalue weighted by Gasteiger charge is 2.30. The molecule has 114 valence electrons. The molecule has 0 aliphatic carbocycles. The Hall–Kier alpha value is -1.12. The van der Waals surface area contributed by atoms with Crippen LogP contribution >= 0.6 is 0 Å². The molecule has 8 heteroatoms. The van der Waals surface area contributed by atoms with E-state index in [1.54, 1.807) is 0 Å². The molecule has 0 saturated carbocycles. The van der Waals surface area contributed by atoms with Crippen LogP contribution in [0.5, 0.6) is 0 Å². The summed E-state index contributed by atoms with van der Waals surface area (Å²) in [6, 6.07) is 0. The second kappa shape index (κ2) is 6.11. The SMILES string of the molecule is CCN(CC1CCCO1)S(=O)(=O)c1cn(CC)nc1N. The van der Waals surface area contributed by atoms with Gasteiger partial charge < -0.3 is 10.5 Å². The molecule has 0 radical (unpaired) electrons. The average molecular weight is 302 g/mol. The van der Waals surface area contributed by atoms with E-state index in [-0.39, 0.29) is 16.8 Å². The molecule has 1 aliphatic heterocycles. The minimum Gasteiger partial charge on any atom is -0.381 e. The monoisotopic (exact) mass is 302 g/mol. The largest absolute Gasteiger partial charge is 0.381 e. The third-order valence-electron chi connectivity index (χ3n) is 3.48. The number of aromatic nitrogens is 2. The zero-order chi connectivity index (χ0) is 14.8. The molecule has 1 aliphatic rings. The number of sulfonamides is 1. The Kier molecular flexibility index (Phi) is 4.66. The maximum absolute atomic E-state index is 12.6. The standard InChI is InChI=1S/C12H22N4O3S/c1-3-15-9-11(12(13)14-15)20(17,18)16(4-2)8-10-6-5-7-19-10/h9-10H,3-8H2,1-2H3,(H2,13,14). The number of nitrogens with zero attached hydrogens (tertiary/aromatic N) is 3. The zero-order valence-electron chi connectivity index (χ0n) is 11.9. The van der Waals surface area contributed by atoms with Gasteiger partial charge in [0.25, 0.3) is 0 Å². The maximum atomic E-state index is 12.6. The van der Waals surface area contributed by atoms with Crippen LogP contribution in [0.3, 0.4) is 0 Å². The Morgan fingerprint density at radius 2 is 2.30 bits per heavy atom. The summed E-state index contributed by atoms with van der Waals surface area (Å²) in [5, 5.41) is 4.00. The summed E-state index contributed by atoms with van der Waals surface area (Å²) in [6.45, 7) is 5.74. The number of likely N-dealkylation sites (N-methyl/N-ethyl adjacent to an activating group) is 1. The number of anilines is 1. The van der Waals surface area contributed by atoms with Crippen molar-refractivity contribution in [2.45, 2.75) is 44.2 Å². The van der Waals surface area contributed by atoms with Crippen molar-refractivity contribution in [3.05, 3.63) is 6.20 Å². The maximum Gasteiger partial charge on any atom is 0.248 e.